The van der Waals surface area contributed by atoms with Gasteiger partial charge in [-0.15, -0.1) is 0 Å². The van der Waals surface area contributed by atoms with Crippen molar-refractivity contribution in [1.82, 2.24) is 0 Å². The van der Waals surface area contributed by atoms with Crippen molar-refractivity contribution in [2.45, 2.75) is 233 Å². The smallest absolute Gasteiger partial charge is 0.308 e. The summed E-state index contributed by atoms with van der Waals surface area (Å²) in [4.78, 5) is 24.2. The van der Waals surface area contributed by atoms with E-state index < -0.39 is 6.29 Å². The molecule has 0 aliphatic heterocycles. The molecule has 0 bridgehead atoms. The number of allylic oxidation sites excluding steroid dienone is 2. The van der Waals surface area contributed by atoms with E-state index in [9.17, 15) is 9.59 Å². The summed E-state index contributed by atoms with van der Waals surface area (Å²) in [6, 6.07) is 0. The van der Waals surface area contributed by atoms with Crippen molar-refractivity contribution in [3.63, 3.8) is 0 Å². The van der Waals surface area contributed by atoms with Crippen LogP contribution in [-0.2, 0) is 19.1 Å². The second-order valence-electron chi connectivity index (χ2n) is 13.3. The molecule has 44 heavy (non-hydrogen) atoms. The fourth-order valence-corrected chi connectivity index (χ4v) is 5.85. The van der Waals surface area contributed by atoms with Crippen LogP contribution in [0, 0.1) is 0 Å². The highest BCUT2D eigenvalue weighted by molar-refractivity contribution is 5.71. The lowest BCUT2D eigenvalue weighted by molar-refractivity contribution is -0.184. The van der Waals surface area contributed by atoms with Gasteiger partial charge in [0.05, 0.1) is 0 Å². The Morgan fingerprint density at radius 1 is 0.409 bits per heavy atom. The molecule has 0 aromatic carbocycles. The van der Waals surface area contributed by atoms with E-state index in [2.05, 4.69) is 26.0 Å². The highest BCUT2D eigenvalue weighted by atomic mass is 16.7. The van der Waals surface area contributed by atoms with Crippen LogP contribution in [0.5, 0.6) is 0 Å². The van der Waals surface area contributed by atoms with E-state index in [1.54, 1.807) is 6.92 Å². The number of hydrogen-bond acceptors (Lipinski definition) is 4. The third-order valence-corrected chi connectivity index (χ3v) is 8.72. The molecule has 0 rings (SSSR count). The minimum atomic E-state index is -0.788. The molecule has 0 aliphatic rings. The van der Waals surface area contributed by atoms with E-state index >= 15 is 0 Å². The Bertz CT molecular complexity index is 629. The molecule has 0 aliphatic carbocycles. The first-order valence-corrected chi connectivity index (χ1v) is 19.6. The van der Waals surface area contributed by atoms with Gasteiger partial charge in [-0.25, -0.2) is 0 Å². The zero-order valence-corrected chi connectivity index (χ0v) is 30.0. The number of carbonyl (C=O) groups is 2. The van der Waals surface area contributed by atoms with Gasteiger partial charge in [0.25, 0.3) is 0 Å². The van der Waals surface area contributed by atoms with E-state index in [1.165, 1.54) is 161 Å². The Morgan fingerprint density at radius 2 is 0.659 bits per heavy atom. The van der Waals surface area contributed by atoms with E-state index in [0.717, 1.165) is 32.1 Å². The van der Waals surface area contributed by atoms with Crippen LogP contribution >= 0.6 is 0 Å². The Kier molecular flexibility index (Phi) is 35.1. The number of carbonyl (C=O) groups excluding carboxylic acids is 2. The van der Waals surface area contributed by atoms with E-state index in [-0.39, 0.29) is 11.9 Å². The number of ether oxygens (including phenoxy) is 2. The second kappa shape index (κ2) is 36.2. The van der Waals surface area contributed by atoms with Crippen LogP contribution < -0.4 is 0 Å². The van der Waals surface area contributed by atoms with Gasteiger partial charge in [0.15, 0.2) is 0 Å². The summed E-state index contributed by atoms with van der Waals surface area (Å²) in [6.45, 7) is 6.19. The largest absolute Gasteiger partial charge is 0.425 e. The van der Waals surface area contributed by atoms with Gasteiger partial charge in [0.2, 0.25) is 6.29 Å². The van der Waals surface area contributed by atoms with Crippen LogP contribution in [-0.4, -0.2) is 18.2 Å². The number of rotatable bonds is 35. The van der Waals surface area contributed by atoms with E-state index in [0.29, 0.717) is 12.8 Å². The summed E-state index contributed by atoms with van der Waals surface area (Å²) < 4.78 is 10.6. The van der Waals surface area contributed by atoms with Crippen LogP contribution in [0.4, 0.5) is 0 Å². The highest BCUT2D eigenvalue weighted by Gasteiger charge is 2.13. The molecule has 260 valence electrons. The molecule has 4 heteroatoms. The average molecular weight is 621 g/mol. The maximum absolute atomic E-state index is 12.1. The summed E-state index contributed by atoms with van der Waals surface area (Å²) >= 11 is 0. The van der Waals surface area contributed by atoms with Gasteiger partial charge >= 0.3 is 11.9 Å². The summed E-state index contributed by atoms with van der Waals surface area (Å²) in [5.74, 6) is -0.520. The van der Waals surface area contributed by atoms with Crippen LogP contribution in [0.1, 0.15) is 226 Å². The minimum Gasteiger partial charge on any atom is -0.425 e. The molecular weight excluding hydrogens is 544 g/mol. The predicted octanol–water partition coefficient (Wildman–Crippen LogP) is 13.5. The normalized spacial score (nSPS) is 12.2. The molecule has 4 nitrogen and oxygen atoms in total. The number of esters is 2. The van der Waals surface area contributed by atoms with Gasteiger partial charge in [-0.2, -0.15) is 0 Å². The van der Waals surface area contributed by atoms with Crippen LogP contribution in [0.15, 0.2) is 12.2 Å². The lowest BCUT2D eigenvalue weighted by Gasteiger charge is -2.14. The molecule has 0 saturated heterocycles. The molecule has 0 heterocycles. The van der Waals surface area contributed by atoms with Gasteiger partial charge in [0, 0.05) is 19.8 Å². The summed E-state index contributed by atoms with van der Waals surface area (Å²) in [5, 5.41) is 0. The van der Waals surface area contributed by atoms with E-state index in [1.807, 2.05) is 0 Å². The van der Waals surface area contributed by atoms with Crippen molar-refractivity contribution >= 4 is 11.9 Å². The number of unbranched alkanes of at least 4 members (excludes halogenated alkanes) is 27. The van der Waals surface area contributed by atoms with Gasteiger partial charge in [-0.1, -0.05) is 180 Å². The Balaban J connectivity index is 3.42. The van der Waals surface area contributed by atoms with Crippen molar-refractivity contribution in [1.29, 1.82) is 0 Å². The Labute approximate surface area is 275 Å². The first kappa shape index (κ1) is 42.7. The fourth-order valence-electron chi connectivity index (χ4n) is 5.85. The summed E-state index contributed by atoms with van der Waals surface area (Å²) in [6.07, 6.45) is 43.3. The fraction of sp³-hybridized carbons (Fsp3) is 0.900. The molecule has 0 radical (unpaired) electrons. The standard InChI is InChI=1S/C40H76O4/c1-4-6-8-10-12-14-16-18-20-21-23-25-27-29-31-33-35-37-40(42)44-38(3)43-39(41)36-34-32-30-28-26-24-22-19-17-15-13-11-9-7-5-2/h19,22,38H,4-18,20-21,23-37H2,1-3H3. The van der Waals surface area contributed by atoms with Crippen molar-refractivity contribution in [3.05, 3.63) is 12.2 Å². The highest BCUT2D eigenvalue weighted by Crippen LogP contribution is 2.15. The summed E-state index contributed by atoms with van der Waals surface area (Å²) in [7, 11) is 0. The monoisotopic (exact) mass is 621 g/mol. The van der Waals surface area contributed by atoms with Gasteiger partial charge in [-0.3, -0.25) is 9.59 Å². The Morgan fingerprint density at radius 3 is 0.955 bits per heavy atom. The maximum atomic E-state index is 12.1. The molecule has 0 amide bonds. The molecule has 1 unspecified atom stereocenters. The topological polar surface area (TPSA) is 52.6 Å². The molecule has 0 aromatic heterocycles. The van der Waals surface area contributed by atoms with E-state index in [4.69, 9.17) is 9.47 Å². The zero-order chi connectivity index (χ0) is 32.2. The third kappa shape index (κ3) is 35.2. The molecule has 0 saturated carbocycles. The second-order valence-corrected chi connectivity index (χ2v) is 13.3. The SMILES string of the molecule is CCCCCCCCC=CCCCCCCCC(=O)OC(C)OC(=O)CCCCCCCCCCCCCCCCCCC. The Hall–Kier alpha value is -1.32. The van der Waals surface area contributed by atoms with Gasteiger partial charge < -0.3 is 9.47 Å². The maximum Gasteiger partial charge on any atom is 0.308 e. The first-order valence-electron chi connectivity index (χ1n) is 19.6. The first-order chi connectivity index (χ1) is 21.6. The van der Waals surface area contributed by atoms with Crippen molar-refractivity contribution in [2.24, 2.45) is 0 Å². The average Bonchev–Trinajstić information content (AvgIpc) is 3.00. The van der Waals surface area contributed by atoms with Crippen LogP contribution in [0.25, 0.3) is 0 Å². The van der Waals surface area contributed by atoms with Gasteiger partial charge in [0.1, 0.15) is 0 Å². The minimum absolute atomic E-state index is 0.257. The van der Waals surface area contributed by atoms with Crippen LogP contribution in [0.2, 0.25) is 0 Å². The zero-order valence-electron chi connectivity index (χ0n) is 30.0. The number of hydrogen-bond donors (Lipinski definition) is 0. The quantitative estimate of drug-likeness (QED) is 0.0306. The third-order valence-electron chi connectivity index (χ3n) is 8.72. The summed E-state index contributed by atoms with van der Waals surface area (Å²) in [5.41, 5.74) is 0. The predicted molar refractivity (Wildman–Crippen MR) is 190 cm³/mol. The lowest BCUT2D eigenvalue weighted by Crippen LogP contribution is -2.21. The lowest BCUT2D eigenvalue weighted by atomic mass is 10.0. The molecule has 0 N–H and O–H groups in total. The molecule has 0 spiro atoms. The molecule has 0 fully saturated rings. The van der Waals surface area contributed by atoms with Gasteiger partial charge in [-0.05, 0) is 38.5 Å². The van der Waals surface area contributed by atoms with Crippen molar-refractivity contribution < 1.29 is 19.1 Å². The van der Waals surface area contributed by atoms with Crippen molar-refractivity contribution in [2.75, 3.05) is 0 Å². The molecule has 0 aromatic rings. The molecule has 1 atom stereocenters. The van der Waals surface area contributed by atoms with Crippen LogP contribution in [0.3, 0.4) is 0 Å². The molecular formula is C40H76O4. The van der Waals surface area contributed by atoms with Crippen molar-refractivity contribution in [3.8, 4) is 0 Å².